The Bertz CT molecular complexity index is 719. The Morgan fingerprint density at radius 2 is 1.55 bits per heavy atom. The maximum absolute atomic E-state index is 12.3. The van der Waals surface area contributed by atoms with E-state index in [1.165, 1.54) is 0 Å². The fourth-order valence-electron chi connectivity index (χ4n) is 2.06. The second-order valence-corrected chi connectivity index (χ2v) is 6.86. The van der Waals surface area contributed by atoms with Gasteiger partial charge in [0.1, 0.15) is 0 Å². The number of sulfone groups is 1. The Labute approximate surface area is 130 Å². The van der Waals surface area contributed by atoms with E-state index in [0.717, 1.165) is 5.56 Å². The van der Waals surface area contributed by atoms with Crippen molar-refractivity contribution in [1.29, 1.82) is 0 Å². The summed E-state index contributed by atoms with van der Waals surface area (Å²) in [4.78, 5) is 11.7. The van der Waals surface area contributed by atoms with Gasteiger partial charge in [-0.1, -0.05) is 42.5 Å². The van der Waals surface area contributed by atoms with Gasteiger partial charge in [-0.15, -0.1) is 0 Å². The van der Waals surface area contributed by atoms with Gasteiger partial charge >= 0.3 is 5.97 Å². The highest BCUT2D eigenvalue weighted by molar-refractivity contribution is 7.90. The van der Waals surface area contributed by atoms with Crippen molar-refractivity contribution in [1.82, 2.24) is 0 Å². The van der Waals surface area contributed by atoms with Crippen molar-refractivity contribution in [3.8, 4) is 0 Å². The minimum Gasteiger partial charge on any atom is -0.466 e. The van der Waals surface area contributed by atoms with Crippen molar-refractivity contribution >= 4 is 15.8 Å². The number of carbonyl (C=O) groups excluding carboxylic acids is 1. The van der Waals surface area contributed by atoms with Gasteiger partial charge in [0.2, 0.25) is 0 Å². The van der Waals surface area contributed by atoms with Crippen LogP contribution in [0.3, 0.4) is 0 Å². The molecule has 0 aliphatic carbocycles. The average molecular weight is 318 g/mol. The first kappa shape index (κ1) is 16.2. The molecule has 2 aromatic rings. The predicted molar refractivity (Wildman–Crippen MR) is 84.1 cm³/mol. The van der Waals surface area contributed by atoms with Gasteiger partial charge in [-0.25, -0.2) is 8.42 Å². The van der Waals surface area contributed by atoms with Crippen LogP contribution in [0, 0.1) is 0 Å². The van der Waals surface area contributed by atoms with Gasteiger partial charge in [0.05, 0.1) is 23.7 Å². The Morgan fingerprint density at radius 1 is 0.955 bits per heavy atom. The molecule has 0 N–H and O–H groups in total. The summed E-state index contributed by atoms with van der Waals surface area (Å²) in [5, 5.41) is 0. The van der Waals surface area contributed by atoms with Crippen LogP contribution in [0.5, 0.6) is 0 Å². The lowest BCUT2D eigenvalue weighted by atomic mass is 10.1. The fraction of sp³-hybridized carbons (Fsp3) is 0.235. The largest absolute Gasteiger partial charge is 0.466 e. The maximum Gasteiger partial charge on any atom is 0.310 e. The second kappa shape index (κ2) is 7.22. The van der Waals surface area contributed by atoms with E-state index < -0.39 is 9.84 Å². The molecule has 0 aliphatic rings. The first-order valence-electron chi connectivity index (χ1n) is 7.02. The van der Waals surface area contributed by atoms with Crippen LogP contribution < -0.4 is 0 Å². The molecule has 4 nitrogen and oxygen atoms in total. The highest BCUT2D eigenvalue weighted by Gasteiger charge is 2.14. The summed E-state index contributed by atoms with van der Waals surface area (Å²) in [6.45, 7) is 2.11. The zero-order valence-corrected chi connectivity index (χ0v) is 13.2. The molecule has 0 fully saturated rings. The van der Waals surface area contributed by atoms with Gasteiger partial charge in [0.15, 0.2) is 9.84 Å². The quantitative estimate of drug-likeness (QED) is 0.768. The number of rotatable bonds is 6. The van der Waals surface area contributed by atoms with E-state index in [1.807, 2.05) is 0 Å². The van der Waals surface area contributed by atoms with Crippen LogP contribution >= 0.6 is 0 Å². The van der Waals surface area contributed by atoms with Crippen molar-refractivity contribution in [2.45, 2.75) is 24.0 Å². The van der Waals surface area contributed by atoms with E-state index >= 15 is 0 Å². The highest BCUT2D eigenvalue weighted by atomic mass is 32.2. The smallest absolute Gasteiger partial charge is 0.310 e. The molecule has 116 valence electrons. The molecule has 0 amide bonds. The molecule has 0 saturated heterocycles. The number of hydrogen-bond donors (Lipinski definition) is 0. The second-order valence-electron chi connectivity index (χ2n) is 4.87. The van der Waals surface area contributed by atoms with Crippen molar-refractivity contribution in [3.63, 3.8) is 0 Å². The fourth-order valence-corrected chi connectivity index (χ4v) is 3.43. The third-order valence-electron chi connectivity index (χ3n) is 3.14. The van der Waals surface area contributed by atoms with Crippen molar-refractivity contribution in [2.75, 3.05) is 6.61 Å². The summed E-state index contributed by atoms with van der Waals surface area (Å²) in [6.07, 6.45) is 0.194. The Morgan fingerprint density at radius 3 is 2.14 bits per heavy atom. The van der Waals surface area contributed by atoms with Crippen LogP contribution in [0.15, 0.2) is 59.5 Å². The third kappa shape index (κ3) is 4.43. The first-order valence-corrected chi connectivity index (χ1v) is 8.68. The summed E-state index contributed by atoms with van der Waals surface area (Å²) in [5.74, 6) is -0.344. The molecule has 5 heteroatoms. The minimum absolute atomic E-state index is 0.0588. The van der Waals surface area contributed by atoms with Crippen molar-refractivity contribution in [3.05, 3.63) is 65.7 Å². The molecule has 2 aromatic carbocycles. The molecule has 0 unspecified atom stereocenters. The molecule has 2 rings (SSSR count). The van der Waals surface area contributed by atoms with Crippen LogP contribution in [-0.4, -0.2) is 21.0 Å². The molecule has 0 saturated carbocycles. The molecule has 0 aliphatic heterocycles. The van der Waals surface area contributed by atoms with Crippen LogP contribution in [0.1, 0.15) is 18.1 Å². The van der Waals surface area contributed by atoms with Crippen LogP contribution in [0.4, 0.5) is 0 Å². The highest BCUT2D eigenvalue weighted by Crippen LogP contribution is 2.16. The molecule has 0 aromatic heterocycles. The molecule has 22 heavy (non-hydrogen) atoms. The van der Waals surface area contributed by atoms with Gasteiger partial charge in [-0.2, -0.15) is 0 Å². The molecule has 0 radical (unpaired) electrons. The summed E-state index contributed by atoms with van der Waals surface area (Å²) in [7, 11) is -3.35. The van der Waals surface area contributed by atoms with Gasteiger partial charge in [0, 0.05) is 0 Å². The zero-order chi connectivity index (χ0) is 16.0. The van der Waals surface area contributed by atoms with E-state index in [4.69, 9.17) is 4.74 Å². The van der Waals surface area contributed by atoms with Gasteiger partial charge in [0.25, 0.3) is 0 Å². The molecule has 0 bridgehead atoms. The maximum atomic E-state index is 12.3. The van der Waals surface area contributed by atoms with Crippen molar-refractivity contribution in [2.24, 2.45) is 0 Å². The lowest BCUT2D eigenvalue weighted by molar-refractivity contribution is -0.142. The number of esters is 1. The Hall–Kier alpha value is -2.14. The minimum atomic E-state index is -3.35. The van der Waals surface area contributed by atoms with Crippen LogP contribution in [0.2, 0.25) is 0 Å². The van der Waals surface area contributed by atoms with E-state index in [9.17, 15) is 13.2 Å². The number of ether oxygens (including phenoxy) is 1. The van der Waals surface area contributed by atoms with E-state index in [1.54, 1.807) is 61.5 Å². The molecular weight excluding hydrogens is 300 g/mol. The van der Waals surface area contributed by atoms with Crippen LogP contribution in [-0.2, 0) is 31.5 Å². The molecular formula is C17H18O4S. The number of carbonyl (C=O) groups is 1. The molecule has 0 heterocycles. The summed E-state index contributed by atoms with van der Waals surface area (Å²) >= 11 is 0. The molecule has 0 spiro atoms. The normalized spacial score (nSPS) is 11.1. The summed E-state index contributed by atoms with van der Waals surface area (Å²) in [6, 6.07) is 15.3. The van der Waals surface area contributed by atoms with Gasteiger partial charge < -0.3 is 4.74 Å². The van der Waals surface area contributed by atoms with E-state index in [-0.39, 0.29) is 18.1 Å². The average Bonchev–Trinajstić information content (AvgIpc) is 2.50. The summed E-state index contributed by atoms with van der Waals surface area (Å²) in [5.41, 5.74) is 1.50. The van der Waals surface area contributed by atoms with Crippen molar-refractivity contribution < 1.29 is 17.9 Å². The monoisotopic (exact) mass is 318 g/mol. The Balaban J connectivity index is 2.07. The zero-order valence-electron chi connectivity index (χ0n) is 12.4. The van der Waals surface area contributed by atoms with E-state index in [0.29, 0.717) is 17.1 Å². The predicted octanol–water partition coefficient (Wildman–Crippen LogP) is 2.77. The number of hydrogen-bond acceptors (Lipinski definition) is 4. The lowest BCUT2D eigenvalue weighted by Gasteiger charge is -2.06. The first-order chi connectivity index (χ1) is 10.5. The molecule has 0 atom stereocenters. The third-order valence-corrected chi connectivity index (χ3v) is 4.84. The van der Waals surface area contributed by atoms with E-state index in [2.05, 4.69) is 0 Å². The van der Waals surface area contributed by atoms with Gasteiger partial charge in [-0.3, -0.25) is 4.79 Å². The Kier molecular flexibility index (Phi) is 5.33. The standard InChI is InChI=1S/C17H18O4S/c1-2-21-17(18)12-14-8-10-15(11-9-14)13-22(19,20)16-6-4-3-5-7-16/h3-11H,2,12-13H2,1H3. The van der Waals surface area contributed by atoms with Crippen LogP contribution in [0.25, 0.3) is 0 Å². The summed E-state index contributed by atoms with van der Waals surface area (Å²) < 4.78 is 29.4. The SMILES string of the molecule is CCOC(=O)Cc1ccc(CS(=O)(=O)c2ccccc2)cc1. The van der Waals surface area contributed by atoms with Gasteiger partial charge in [-0.05, 0) is 30.2 Å². The topological polar surface area (TPSA) is 60.4 Å². The number of benzene rings is 2. The lowest BCUT2D eigenvalue weighted by Crippen LogP contribution is -2.08.